The number of benzene rings is 1. The van der Waals surface area contributed by atoms with Gasteiger partial charge in [-0.05, 0) is 31.5 Å². The van der Waals surface area contributed by atoms with Crippen LogP contribution in [0.5, 0.6) is 11.5 Å². The highest BCUT2D eigenvalue weighted by Gasteiger charge is 2.37. The number of rotatable bonds is 5. The van der Waals surface area contributed by atoms with E-state index >= 15 is 0 Å². The van der Waals surface area contributed by atoms with Gasteiger partial charge in [-0.25, -0.2) is 13.1 Å². The number of aryl methyl sites for hydroxylation is 2. The summed E-state index contributed by atoms with van der Waals surface area (Å²) in [7, 11) is -4.06. The molecule has 0 spiro atoms. The van der Waals surface area contributed by atoms with Gasteiger partial charge in [0.1, 0.15) is 10.6 Å². The number of hydrogen-bond donors (Lipinski definition) is 1. The summed E-state index contributed by atoms with van der Waals surface area (Å²) >= 11 is 1.15. The van der Waals surface area contributed by atoms with Gasteiger partial charge in [0, 0.05) is 27.9 Å². The fraction of sp³-hybridized carbons (Fsp3) is 0.278. The number of aromatic nitrogens is 1. The lowest BCUT2D eigenvalue weighted by atomic mass is 10.1. The van der Waals surface area contributed by atoms with Crippen LogP contribution in [0.25, 0.3) is 11.3 Å². The molecule has 3 heterocycles. The maximum absolute atomic E-state index is 13.0. The number of ether oxygens (including phenoxy) is 2. The highest BCUT2D eigenvalue weighted by molar-refractivity contribution is 7.89. The number of hydrogen-bond acceptors (Lipinski definition) is 7. The Morgan fingerprint density at radius 1 is 1.13 bits per heavy atom. The van der Waals surface area contributed by atoms with Crippen LogP contribution >= 0.6 is 11.3 Å². The van der Waals surface area contributed by atoms with Crippen LogP contribution in [0.2, 0.25) is 0 Å². The van der Waals surface area contributed by atoms with E-state index in [2.05, 4.69) is 14.4 Å². The van der Waals surface area contributed by atoms with Crippen LogP contribution in [0.15, 0.2) is 33.7 Å². The van der Waals surface area contributed by atoms with Crippen molar-refractivity contribution < 1.29 is 35.6 Å². The molecule has 0 saturated carbocycles. The van der Waals surface area contributed by atoms with Crippen LogP contribution in [0.1, 0.15) is 21.1 Å². The molecule has 12 heteroatoms. The lowest BCUT2D eigenvalue weighted by Crippen LogP contribution is -2.24. The zero-order chi connectivity index (χ0) is 21.7. The van der Waals surface area contributed by atoms with E-state index in [4.69, 9.17) is 9.47 Å². The van der Waals surface area contributed by atoms with Crippen molar-refractivity contribution in [1.82, 2.24) is 9.88 Å². The maximum Gasteiger partial charge on any atom is 0.452 e. The average molecular weight is 460 g/mol. The van der Waals surface area contributed by atoms with Crippen molar-refractivity contribution in [3.8, 4) is 22.8 Å². The summed E-state index contributed by atoms with van der Waals surface area (Å²) in [6.07, 6.45) is -4.72. The van der Waals surface area contributed by atoms with Crippen LogP contribution < -0.4 is 14.2 Å². The van der Waals surface area contributed by atoms with E-state index < -0.39 is 22.0 Å². The monoisotopic (exact) mass is 460 g/mol. The average Bonchev–Trinajstić information content (AvgIpc) is 3.37. The van der Waals surface area contributed by atoms with E-state index in [0.29, 0.717) is 32.9 Å². The van der Waals surface area contributed by atoms with Gasteiger partial charge in [0.05, 0.1) is 0 Å². The van der Waals surface area contributed by atoms with E-state index in [1.165, 1.54) is 0 Å². The molecule has 30 heavy (non-hydrogen) atoms. The SMILES string of the molecule is Cc1sc(C)c(S(=O)(=O)NCc2ccc3c(c2)OCO3)c1-c1cc(C(F)(F)F)on1. The minimum Gasteiger partial charge on any atom is -0.454 e. The van der Waals surface area contributed by atoms with Gasteiger partial charge in [-0.15, -0.1) is 11.3 Å². The molecule has 7 nitrogen and oxygen atoms in total. The summed E-state index contributed by atoms with van der Waals surface area (Å²) in [4.78, 5) is 0.822. The van der Waals surface area contributed by atoms with Crippen LogP contribution in [-0.4, -0.2) is 20.4 Å². The molecule has 1 aliphatic heterocycles. The number of fused-ring (bicyclic) bond motifs is 1. The molecule has 0 atom stereocenters. The van der Waals surface area contributed by atoms with Crippen LogP contribution in [0.3, 0.4) is 0 Å². The highest BCUT2D eigenvalue weighted by atomic mass is 32.2. The second-order valence-electron chi connectivity index (χ2n) is 6.50. The third kappa shape index (κ3) is 3.77. The molecular weight excluding hydrogens is 445 g/mol. The summed E-state index contributed by atoms with van der Waals surface area (Å²) in [5.74, 6) is -0.214. The van der Waals surface area contributed by atoms with Gasteiger partial charge < -0.3 is 14.0 Å². The molecule has 0 unspecified atom stereocenters. The van der Waals surface area contributed by atoms with E-state index in [9.17, 15) is 21.6 Å². The van der Waals surface area contributed by atoms with Crippen molar-refractivity contribution in [3.05, 3.63) is 45.3 Å². The first-order chi connectivity index (χ1) is 14.1. The van der Waals surface area contributed by atoms with Gasteiger partial charge in [0.2, 0.25) is 22.6 Å². The largest absolute Gasteiger partial charge is 0.454 e. The summed E-state index contributed by atoms with van der Waals surface area (Å²) < 4.78 is 82.1. The Hall–Kier alpha value is -2.57. The van der Waals surface area contributed by atoms with Gasteiger partial charge in [-0.3, -0.25) is 0 Å². The fourth-order valence-corrected chi connectivity index (χ4v) is 6.00. The number of nitrogens with one attached hydrogen (secondary N) is 1. The van der Waals surface area contributed by atoms with Crippen molar-refractivity contribution >= 4 is 21.4 Å². The first kappa shape index (κ1) is 20.7. The zero-order valence-electron chi connectivity index (χ0n) is 15.7. The Morgan fingerprint density at radius 2 is 1.87 bits per heavy atom. The Labute approximate surface area is 173 Å². The second kappa shape index (κ2) is 7.29. The summed E-state index contributed by atoms with van der Waals surface area (Å²) in [6, 6.07) is 5.72. The van der Waals surface area contributed by atoms with Crippen molar-refractivity contribution in [1.29, 1.82) is 0 Å². The van der Waals surface area contributed by atoms with Crippen LogP contribution in [0.4, 0.5) is 13.2 Å². The van der Waals surface area contributed by atoms with Crippen molar-refractivity contribution in [2.75, 3.05) is 6.79 Å². The van der Waals surface area contributed by atoms with E-state index in [0.717, 1.165) is 11.3 Å². The van der Waals surface area contributed by atoms with Crippen LogP contribution in [0, 0.1) is 13.8 Å². The molecule has 4 rings (SSSR count). The molecule has 0 bridgehead atoms. The normalized spacial score (nSPS) is 13.8. The lowest BCUT2D eigenvalue weighted by molar-refractivity contribution is -0.155. The van der Waals surface area contributed by atoms with Crippen molar-refractivity contribution in [2.45, 2.75) is 31.5 Å². The summed E-state index contributed by atoms with van der Waals surface area (Å²) in [5.41, 5.74) is 0.539. The van der Waals surface area contributed by atoms with E-state index in [-0.39, 0.29) is 29.5 Å². The molecule has 0 radical (unpaired) electrons. The molecule has 1 aromatic carbocycles. The third-order valence-corrected chi connectivity index (χ3v) is 7.14. The maximum atomic E-state index is 13.0. The Morgan fingerprint density at radius 3 is 2.57 bits per heavy atom. The number of nitrogens with zero attached hydrogens (tertiary/aromatic N) is 1. The molecule has 0 amide bonds. The minimum atomic E-state index is -4.72. The molecule has 1 aliphatic rings. The topological polar surface area (TPSA) is 90.7 Å². The number of halogens is 3. The number of sulfonamides is 1. The van der Waals surface area contributed by atoms with Gasteiger partial charge in [0.25, 0.3) is 0 Å². The Balaban J connectivity index is 1.65. The number of alkyl halides is 3. The number of thiophene rings is 1. The molecule has 0 aliphatic carbocycles. The Kier molecular flexibility index (Phi) is 5.03. The zero-order valence-corrected chi connectivity index (χ0v) is 17.3. The van der Waals surface area contributed by atoms with Gasteiger partial charge >= 0.3 is 6.18 Å². The minimum absolute atomic E-state index is 0.0423. The predicted molar refractivity (Wildman–Crippen MR) is 101 cm³/mol. The van der Waals surface area contributed by atoms with Gasteiger partial charge in [0.15, 0.2) is 11.5 Å². The molecule has 3 aromatic rings. The second-order valence-corrected chi connectivity index (χ2v) is 9.64. The smallest absolute Gasteiger partial charge is 0.452 e. The van der Waals surface area contributed by atoms with E-state index in [1.54, 1.807) is 32.0 Å². The predicted octanol–water partition coefficient (Wildman–Crippen LogP) is 4.25. The first-order valence-corrected chi connectivity index (χ1v) is 10.9. The molecule has 160 valence electrons. The van der Waals surface area contributed by atoms with Crippen molar-refractivity contribution in [3.63, 3.8) is 0 Å². The van der Waals surface area contributed by atoms with Crippen molar-refractivity contribution in [2.24, 2.45) is 0 Å². The van der Waals surface area contributed by atoms with Gasteiger partial charge in [-0.1, -0.05) is 11.2 Å². The van der Waals surface area contributed by atoms with Gasteiger partial charge in [-0.2, -0.15) is 13.2 Å². The molecule has 0 saturated heterocycles. The third-order valence-electron chi connectivity index (χ3n) is 4.42. The molecular formula is C18H15F3N2O5S2. The highest BCUT2D eigenvalue weighted by Crippen LogP contribution is 2.40. The van der Waals surface area contributed by atoms with E-state index in [1.807, 2.05) is 0 Å². The summed E-state index contributed by atoms with van der Waals surface area (Å²) in [5, 5.41) is 3.45. The molecule has 2 aromatic heterocycles. The van der Waals surface area contributed by atoms with Crippen LogP contribution in [-0.2, 0) is 22.7 Å². The Bertz CT molecular complexity index is 1220. The standard InChI is InChI=1S/C18H15F3N2O5S2/c1-9-16(12-6-15(28-23-12)18(19,20)21)17(10(2)29-9)30(24,25)22-7-11-3-4-13-14(5-11)27-8-26-13/h3-6,22H,7-8H2,1-2H3. The summed E-state index contributed by atoms with van der Waals surface area (Å²) in [6.45, 7) is 3.26. The lowest BCUT2D eigenvalue weighted by Gasteiger charge is -2.09. The first-order valence-electron chi connectivity index (χ1n) is 8.59. The molecule has 0 fully saturated rings. The fourth-order valence-electron chi connectivity index (χ4n) is 3.11. The quantitative estimate of drug-likeness (QED) is 0.612. The molecule has 1 N–H and O–H groups in total.